The Morgan fingerprint density at radius 1 is 0.870 bits per heavy atom. The zero-order valence-electron chi connectivity index (χ0n) is 11.9. The number of nitrogens with one attached hydrogen (secondary N) is 1. The zero-order chi connectivity index (χ0) is 15.8. The minimum Gasteiger partial charge on any atom is -0.338 e. The van der Waals surface area contributed by atoms with E-state index in [0.717, 1.165) is 42.6 Å². The molecule has 0 unspecified atom stereocenters. The van der Waals surface area contributed by atoms with Crippen LogP contribution in [0.3, 0.4) is 0 Å². The molecule has 0 aliphatic heterocycles. The first-order valence-corrected chi connectivity index (χ1v) is 8.66. The minimum absolute atomic E-state index is 0.853. The van der Waals surface area contributed by atoms with Gasteiger partial charge in [0.15, 0.2) is 0 Å². The normalized spacial score (nSPS) is 11.0. The highest BCUT2D eigenvalue weighted by Crippen LogP contribution is 2.30. The van der Waals surface area contributed by atoms with Crippen molar-refractivity contribution in [1.82, 2.24) is 15.0 Å². The quantitative estimate of drug-likeness (QED) is 0.437. The maximum Gasteiger partial charge on any atom is 0.138 e. The van der Waals surface area contributed by atoms with Crippen molar-refractivity contribution < 1.29 is 0 Å². The van der Waals surface area contributed by atoms with Crippen molar-refractivity contribution in [1.29, 1.82) is 0 Å². The van der Waals surface area contributed by atoms with Crippen LogP contribution in [0.5, 0.6) is 0 Å². The Hall–Kier alpha value is -1.98. The Labute approximate surface area is 150 Å². The van der Waals surface area contributed by atoms with Gasteiger partial charge in [0.25, 0.3) is 0 Å². The summed E-state index contributed by atoms with van der Waals surface area (Å²) in [6, 6.07) is 18.2. The Kier molecular flexibility index (Phi) is 3.75. The van der Waals surface area contributed by atoms with Crippen LogP contribution in [0.25, 0.3) is 33.7 Å². The summed E-state index contributed by atoms with van der Waals surface area (Å²) in [6.07, 6.45) is 1.80. The van der Waals surface area contributed by atoms with E-state index in [9.17, 15) is 0 Å². The van der Waals surface area contributed by atoms with Gasteiger partial charge in [-0.15, -0.1) is 0 Å². The first kappa shape index (κ1) is 14.6. The predicted octanol–water partition coefficient (Wildman–Crippen LogP) is 5.82. The molecule has 0 aliphatic carbocycles. The molecule has 4 aromatic rings. The number of H-pyrrole nitrogens is 1. The molecule has 0 bridgehead atoms. The Morgan fingerprint density at radius 2 is 1.65 bits per heavy atom. The molecule has 0 saturated heterocycles. The lowest BCUT2D eigenvalue weighted by Crippen LogP contribution is -1.84. The highest BCUT2D eigenvalue weighted by Gasteiger charge is 2.09. The van der Waals surface area contributed by atoms with Gasteiger partial charge in [0, 0.05) is 26.3 Å². The fraction of sp³-hybridized carbons (Fsp3) is 0. The van der Waals surface area contributed by atoms with Gasteiger partial charge in [-0.2, -0.15) is 0 Å². The second kappa shape index (κ2) is 5.91. The molecular formula is C18H11Br2N3. The third-order valence-electron chi connectivity index (χ3n) is 3.62. The second-order valence-corrected chi connectivity index (χ2v) is 6.93. The summed E-state index contributed by atoms with van der Waals surface area (Å²) in [4.78, 5) is 12.4. The van der Waals surface area contributed by atoms with E-state index in [1.807, 2.05) is 30.3 Å². The number of benzene rings is 2. The second-order valence-electron chi connectivity index (χ2n) is 5.16. The number of nitrogens with zero attached hydrogens (tertiary/aromatic N) is 2. The van der Waals surface area contributed by atoms with Crippen LogP contribution in [0.1, 0.15) is 0 Å². The molecule has 23 heavy (non-hydrogen) atoms. The van der Waals surface area contributed by atoms with Crippen molar-refractivity contribution >= 4 is 42.9 Å². The summed E-state index contributed by atoms with van der Waals surface area (Å²) < 4.78 is 1.98. The molecule has 0 spiro atoms. The van der Waals surface area contributed by atoms with Crippen LogP contribution < -0.4 is 0 Å². The summed E-state index contributed by atoms with van der Waals surface area (Å²) in [5, 5.41) is 0. The number of aromatic nitrogens is 3. The molecule has 1 N–H and O–H groups in total. The lowest BCUT2D eigenvalue weighted by atomic mass is 10.1. The van der Waals surface area contributed by atoms with Gasteiger partial charge in [-0.3, -0.25) is 4.98 Å². The first-order valence-electron chi connectivity index (χ1n) is 7.07. The molecule has 0 amide bonds. The van der Waals surface area contributed by atoms with Crippen LogP contribution in [-0.2, 0) is 0 Å². The number of halogens is 2. The summed E-state index contributed by atoms with van der Waals surface area (Å²) in [6.45, 7) is 0. The molecule has 0 fully saturated rings. The molecule has 4 rings (SSSR count). The van der Waals surface area contributed by atoms with Crippen LogP contribution in [0, 0.1) is 0 Å². The van der Waals surface area contributed by atoms with Crippen LogP contribution in [-0.4, -0.2) is 15.0 Å². The number of hydrogen-bond donors (Lipinski definition) is 1. The van der Waals surface area contributed by atoms with Crippen molar-refractivity contribution in [3.05, 3.63) is 69.7 Å². The number of hydrogen-bond acceptors (Lipinski definition) is 2. The number of fused-ring (bicyclic) bond motifs is 1. The van der Waals surface area contributed by atoms with E-state index in [4.69, 9.17) is 0 Å². The first-order chi connectivity index (χ1) is 11.2. The maximum atomic E-state index is 4.69. The maximum absolute atomic E-state index is 4.69. The van der Waals surface area contributed by atoms with Gasteiger partial charge in [0.2, 0.25) is 0 Å². The van der Waals surface area contributed by atoms with Crippen LogP contribution in [0.15, 0.2) is 69.7 Å². The third-order valence-corrected chi connectivity index (χ3v) is 4.69. The number of pyridine rings is 1. The molecule has 0 atom stereocenters. The van der Waals surface area contributed by atoms with E-state index in [1.165, 1.54) is 0 Å². The highest BCUT2D eigenvalue weighted by molar-refractivity contribution is 9.11. The minimum atomic E-state index is 0.853. The lowest BCUT2D eigenvalue weighted by Gasteiger charge is -2.01. The molecule has 5 heteroatoms. The van der Waals surface area contributed by atoms with Crippen molar-refractivity contribution in [3.63, 3.8) is 0 Å². The molecule has 2 aromatic carbocycles. The highest BCUT2D eigenvalue weighted by atomic mass is 79.9. The standard InChI is InChI=1S/C18H11Br2N3/c19-13-9-14(20)17-16(10-13)22-18(23-17)12-6-4-11(5-7-12)15-3-1-2-8-21-15/h1-10H,(H,22,23). The van der Waals surface area contributed by atoms with Crippen LogP contribution in [0.2, 0.25) is 0 Å². The number of rotatable bonds is 2. The van der Waals surface area contributed by atoms with E-state index >= 15 is 0 Å². The summed E-state index contributed by atoms with van der Waals surface area (Å²) >= 11 is 7.05. The van der Waals surface area contributed by atoms with Gasteiger partial charge in [0.1, 0.15) is 11.3 Å². The van der Waals surface area contributed by atoms with E-state index in [0.29, 0.717) is 0 Å². The molecular weight excluding hydrogens is 418 g/mol. The van der Waals surface area contributed by atoms with E-state index in [1.54, 1.807) is 6.20 Å². The average molecular weight is 429 g/mol. The van der Waals surface area contributed by atoms with Crippen molar-refractivity contribution in [2.45, 2.75) is 0 Å². The number of imidazole rings is 1. The zero-order valence-corrected chi connectivity index (χ0v) is 15.1. The van der Waals surface area contributed by atoms with Crippen molar-refractivity contribution in [3.8, 4) is 22.6 Å². The molecule has 0 radical (unpaired) electrons. The fourth-order valence-electron chi connectivity index (χ4n) is 2.51. The van der Waals surface area contributed by atoms with E-state index < -0.39 is 0 Å². The monoisotopic (exact) mass is 427 g/mol. The fourth-order valence-corrected chi connectivity index (χ4v) is 3.83. The third kappa shape index (κ3) is 2.82. The van der Waals surface area contributed by atoms with E-state index in [2.05, 4.69) is 71.1 Å². The van der Waals surface area contributed by atoms with Gasteiger partial charge in [-0.25, -0.2) is 4.98 Å². The average Bonchev–Trinajstić information content (AvgIpc) is 3.00. The van der Waals surface area contributed by atoms with E-state index in [-0.39, 0.29) is 0 Å². The van der Waals surface area contributed by atoms with Gasteiger partial charge < -0.3 is 4.98 Å². The summed E-state index contributed by atoms with van der Waals surface area (Å²) in [5.41, 5.74) is 5.03. The van der Waals surface area contributed by atoms with Gasteiger partial charge in [-0.1, -0.05) is 46.3 Å². The summed E-state index contributed by atoms with van der Waals surface area (Å²) in [7, 11) is 0. The topological polar surface area (TPSA) is 41.6 Å². The largest absolute Gasteiger partial charge is 0.338 e. The Morgan fingerprint density at radius 3 is 2.39 bits per heavy atom. The Balaban J connectivity index is 1.75. The van der Waals surface area contributed by atoms with Crippen LogP contribution >= 0.6 is 31.9 Å². The molecule has 2 aromatic heterocycles. The van der Waals surface area contributed by atoms with Gasteiger partial charge in [0.05, 0.1) is 11.2 Å². The van der Waals surface area contributed by atoms with Crippen LogP contribution in [0.4, 0.5) is 0 Å². The molecule has 0 saturated carbocycles. The number of aromatic amines is 1. The molecule has 112 valence electrons. The SMILES string of the molecule is Brc1cc(Br)c2nc(-c3ccc(-c4ccccn4)cc3)[nH]c2c1. The predicted molar refractivity (Wildman–Crippen MR) is 100 cm³/mol. The molecule has 0 aliphatic rings. The smallest absolute Gasteiger partial charge is 0.138 e. The van der Waals surface area contributed by atoms with Gasteiger partial charge in [-0.05, 0) is 40.2 Å². The van der Waals surface area contributed by atoms with Gasteiger partial charge >= 0.3 is 0 Å². The Bertz CT molecular complexity index is 977. The summed E-state index contributed by atoms with van der Waals surface area (Å²) in [5.74, 6) is 0.853. The lowest BCUT2D eigenvalue weighted by molar-refractivity contribution is 1.31. The molecule has 3 nitrogen and oxygen atoms in total. The van der Waals surface area contributed by atoms with Crippen molar-refractivity contribution in [2.75, 3.05) is 0 Å². The van der Waals surface area contributed by atoms with Crippen molar-refractivity contribution in [2.24, 2.45) is 0 Å². The molecule has 2 heterocycles.